The lowest BCUT2D eigenvalue weighted by Crippen LogP contribution is -2.61. The zero-order valence-corrected chi connectivity index (χ0v) is 18.5. The van der Waals surface area contributed by atoms with E-state index in [1.54, 1.807) is 6.92 Å². The van der Waals surface area contributed by atoms with Gasteiger partial charge in [0, 0.05) is 31.7 Å². The fourth-order valence-electron chi connectivity index (χ4n) is 4.80. The number of nitrogens with zero attached hydrogens (tertiary/aromatic N) is 2. The lowest BCUT2D eigenvalue weighted by molar-refractivity contribution is -0.161. The largest absolute Gasteiger partial charge is 0.360 e. The minimum Gasteiger partial charge on any atom is -0.360 e. The van der Waals surface area contributed by atoms with Gasteiger partial charge in [-0.2, -0.15) is 0 Å². The highest BCUT2D eigenvalue weighted by atomic mass is 16.5. The number of amides is 1. The second-order valence-electron chi connectivity index (χ2n) is 8.99. The Morgan fingerprint density at radius 2 is 1.77 bits per heavy atom. The van der Waals surface area contributed by atoms with Crippen LogP contribution in [0.1, 0.15) is 37.8 Å². The standard InChI is InChI=1S/C26H32N2O3/c1-20(29)17-23-8-6-7-22(18-23)11-14-27-15-12-26(13-16-27)19-28(25(30)21(2)31-26)24-9-4-3-5-10-24/h3-10,18,21H,11-17,19H2,1-2H3. The molecule has 0 saturated carbocycles. The summed E-state index contributed by atoms with van der Waals surface area (Å²) in [5, 5.41) is 0. The molecule has 2 aromatic rings. The van der Waals surface area contributed by atoms with E-state index in [0.717, 1.165) is 50.1 Å². The molecule has 1 unspecified atom stereocenters. The number of rotatable bonds is 6. The summed E-state index contributed by atoms with van der Waals surface area (Å²) in [7, 11) is 0. The molecule has 2 fully saturated rings. The van der Waals surface area contributed by atoms with Gasteiger partial charge in [-0.05, 0) is 56.4 Å². The van der Waals surface area contributed by atoms with E-state index in [0.29, 0.717) is 13.0 Å². The van der Waals surface area contributed by atoms with Crippen LogP contribution in [0.15, 0.2) is 54.6 Å². The summed E-state index contributed by atoms with van der Waals surface area (Å²) < 4.78 is 6.29. The smallest absolute Gasteiger partial charge is 0.255 e. The van der Waals surface area contributed by atoms with E-state index in [1.165, 1.54) is 5.56 Å². The molecule has 1 atom stereocenters. The fraction of sp³-hybridized carbons (Fsp3) is 0.462. The number of morpholine rings is 1. The molecular formula is C26H32N2O3. The van der Waals surface area contributed by atoms with Crippen LogP contribution in [-0.2, 0) is 27.2 Å². The Labute approximate surface area is 185 Å². The SMILES string of the molecule is CC(=O)Cc1cccc(CCN2CCC3(CC2)CN(c2ccccc2)C(=O)C(C)O3)c1. The Bertz CT molecular complexity index is 919. The Morgan fingerprint density at radius 1 is 1.06 bits per heavy atom. The van der Waals surface area contributed by atoms with Crippen molar-refractivity contribution in [2.45, 2.75) is 51.2 Å². The van der Waals surface area contributed by atoms with Crippen LogP contribution in [-0.4, -0.2) is 54.5 Å². The summed E-state index contributed by atoms with van der Waals surface area (Å²) >= 11 is 0. The minimum atomic E-state index is -0.412. The number of carbonyl (C=O) groups is 2. The van der Waals surface area contributed by atoms with E-state index in [9.17, 15) is 9.59 Å². The molecule has 0 aromatic heterocycles. The first-order valence-electron chi connectivity index (χ1n) is 11.3. The minimum absolute atomic E-state index is 0.0460. The number of hydrogen-bond donors (Lipinski definition) is 0. The van der Waals surface area contributed by atoms with Gasteiger partial charge >= 0.3 is 0 Å². The predicted octanol–water partition coefficient (Wildman–Crippen LogP) is 3.65. The van der Waals surface area contributed by atoms with Crippen molar-refractivity contribution < 1.29 is 14.3 Å². The molecule has 5 heteroatoms. The summed E-state index contributed by atoms with van der Waals surface area (Å²) in [6, 6.07) is 18.3. The molecule has 2 aliphatic heterocycles. The lowest BCUT2D eigenvalue weighted by atomic mass is 9.88. The summed E-state index contributed by atoms with van der Waals surface area (Å²) in [5.41, 5.74) is 3.07. The third kappa shape index (κ3) is 5.23. The molecule has 2 heterocycles. The number of carbonyl (C=O) groups excluding carboxylic acids is 2. The molecule has 4 rings (SSSR count). The van der Waals surface area contributed by atoms with Crippen LogP contribution in [0.2, 0.25) is 0 Å². The van der Waals surface area contributed by atoms with Crippen molar-refractivity contribution in [3.8, 4) is 0 Å². The maximum absolute atomic E-state index is 12.7. The molecule has 164 valence electrons. The summed E-state index contributed by atoms with van der Waals surface area (Å²) in [4.78, 5) is 28.5. The van der Waals surface area contributed by atoms with Crippen LogP contribution in [0.4, 0.5) is 5.69 Å². The molecule has 5 nitrogen and oxygen atoms in total. The molecule has 2 aromatic carbocycles. The fourth-order valence-corrected chi connectivity index (χ4v) is 4.80. The van der Waals surface area contributed by atoms with Crippen molar-refractivity contribution in [3.05, 3.63) is 65.7 Å². The van der Waals surface area contributed by atoms with Gasteiger partial charge in [-0.15, -0.1) is 0 Å². The van der Waals surface area contributed by atoms with Crippen LogP contribution in [0.25, 0.3) is 0 Å². The van der Waals surface area contributed by atoms with Gasteiger partial charge in [-0.3, -0.25) is 9.59 Å². The number of ketones is 1. The second-order valence-corrected chi connectivity index (χ2v) is 8.99. The normalized spacial score (nSPS) is 21.4. The van der Waals surface area contributed by atoms with Crippen molar-refractivity contribution in [1.29, 1.82) is 0 Å². The molecule has 2 saturated heterocycles. The van der Waals surface area contributed by atoms with E-state index >= 15 is 0 Å². The first kappa shape index (κ1) is 21.7. The van der Waals surface area contributed by atoms with Gasteiger partial charge in [0.15, 0.2) is 0 Å². The van der Waals surface area contributed by atoms with Gasteiger partial charge < -0.3 is 14.5 Å². The van der Waals surface area contributed by atoms with Crippen molar-refractivity contribution in [1.82, 2.24) is 4.90 Å². The Morgan fingerprint density at radius 3 is 2.48 bits per heavy atom. The first-order valence-corrected chi connectivity index (χ1v) is 11.3. The van der Waals surface area contributed by atoms with Crippen molar-refractivity contribution >= 4 is 17.4 Å². The second kappa shape index (κ2) is 9.33. The summed E-state index contributed by atoms with van der Waals surface area (Å²) in [6.45, 7) is 7.07. The third-order valence-electron chi connectivity index (χ3n) is 6.48. The first-order chi connectivity index (χ1) is 14.9. The highest BCUT2D eigenvalue weighted by molar-refractivity contribution is 5.97. The van der Waals surface area contributed by atoms with Gasteiger partial charge in [0.05, 0.1) is 12.1 Å². The van der Waals surface area contributed by atoms with Crippen LogP contribution >= 0.6 is 0 Å². The molecule has 2 aliphatic rings. The number of benzene rings is 2. The van der Waals surface area contributed by atoms with Gasteiger partial charge in [0.2, 0.25) is 0 Å². The Hall–Kier alpha value is -2.50. The van der Waals surface area contributed by atoms with Crippen molar-refractivity contribution in [2.75, 3.05) is 31.1 Å². The van der Waals surface area contributed by atoms with Gasteiger partial charge in [0.25, 0.3) is 5.91 Å². The molecule has 0 aliphatic carbocycles. The summed E-state index contributed by atoms with van der Waals surface area (Å²) in [5.74, 6) is 0.243. The maximum atomic E-state index is 12.7. The molecule has 0 bridgehead atoms. The van der Waals surface area contributed by atoms with Gasteiger partial charge in [-0.1, -0.05) is 42.5 Å². The van der Waals surface area contributed by atoms with Crippen LogP contribution in [0.3, 0.4) is 0 Å². The van der Waals surface area contributed by atoms with E-state index in [4.69, 9.17) is 4.74 Å². The molecule has 1 amide bonds. The van der Waals surface area contributed by atoms with E-state index in [2.05, 4.69) is 17.0 Å². The highest BCUT2D eigenvalue weighted by Gasteiger charge is 2.45. The van der Waals surface area contributed by atoms with Crippen LogP contribution in [0.5, 0.6) is 0 Å². The van der Waals surface area contributed by atoms with Gasteiger partial charge in [-0.25, -0.2) is 0 Å². The molecule has 0 N–H and O–H groups in total. The monoisotopic (exact) mass is 420 g/mol. The zero-order chi connectivity index (χ0) is 21.8. The number of ether oxygens (including phenoxy) is 1. The molecule has 31 heavy (non-hydrogen) atoms. The number of Topliss-reactive ketones (excluding diaryl/α,β-unsaturated/α-hetero) is 1. The number of piperidine rings is 1. The number of hydrogen-bond acceptors (Lipinski definition) is 4. The maximum Gasteiger partial charge on any atom is 0.255 e. The zero-order valence-electron chi connectivity index (χ0n) is 18.5. The summed E-state index contributed by atoms with van der Waals surface area (Å²) in [6.07, 6.45) is 2.93. The van der Waals surface area contributed by atoms with E-state index < -0.39 is 6.10 Å². The van der Waals surface area contributed by atoms with E-state index in [1.807, 2.05) is 54.3 Å². The number of anilines is 1. The highest BCUT2D eigenvalue weighted by Crippen LogP contribution is 2.35. The predicted molar refractivity (Wildman–Crippen MR) is 122 cm³/mol. The average Bonchev–Trinajstić information content (AvgIpc) is 2.76. The quantitative estimate of drug-likeness (QED) is 0.716. The van der Waals surface area contributed by atoms with E-state index in [-0.39, 0.29) is 17.3 Å². The Balaban J connectivity index is 1.34. The molecule has 0 radical (unpaired) electrons. The van der Waals surface area contributed by atoms with Crippen molar-refractivity contribution in [2.24, 2.45) is 0 Å². The number of likely N-dealkylation sites (tertiary alicyclic amines) is 1. The van der Waals surface area contributed by atoms with Gasteiger partial charge in [0.1, 0.15) is 11.9 Å². The lowest BCUT2D eigenvalue weighted by Gasteiger charge is -2.49. The topological polar surface area (TPSA) is 49.9 Å². The molecule has 1 spiro atoms. The third-order valence-corrected chi connectivity index (χ3v) is 6.48. The number of para-hydroxylation sites is 1. The van der Waals surface area contributed by atoms with Crippen LogP contribution in [0, 0.1) is 0 Å². The average molecular weight is 421 g/mol. The molecular weight excluding hydrogens is 388 g/mol. The Kier molecular flexibility index (Phi) is 6.54. The van der Waals surface area contributed by atoms with Crippen LogP contribution < -0.4 is 4.90 Å². The van der Waals surface area contributed by atoms with Crippen molar-refractivity contribution in [3.63, 3.8) is 0 Å².